The largest absolute Gasteiger partial charge is 0.497 e. The Morgan fingerprint density at radius 3 is 2.50 bits per heavy atom. The average molecular weight is 432 g/mol. The summed E-state index contributed by atoms with van der Waals surface area (Å²) < 4.78 is 7.67. The van der Waals surface area contributed by atoms with Crippen molar-refractivity contribution in [3.63, 3.8) is 0 Å². The van der Waals surface area contributed by atoms with Crippen LogP contribution in [0, 0.1) is 6.92 Å². The summed E-state index contributed by atoms with van der Waals surface area (Å²) >= 11 is 0. The van der Waals surface area contributed by atoms with Crippen LogP contribution in [0.15, 0.2) is 54.9 Å². The van der Waals surface area contributed by atoms with Crippen LogP contribution >= 0.6 is 0 Å². The second-order valence-corrected chi connectivity index (χ2v) is 9.11. The zero-order valence-electron chi connectivity index (χ0n) is 19.9. The van der Waals surface area contributed by atoms with E-state index < -0.39 is 0 Å². The fraction of sp³-hybridized carbons (Fsp3) is 0.464. The normalized spacial score (nSPS) is 14.7. The molecule has 0 spiro atoms. The van der Waals surface area contributed by atoms with Gasteiger partial charge in [-0.1, -0.05) is 56.0 Å². The fourth-order valence-electron chi connectivity index (χ4n) is 4.76. The van der Waals surface area contributed by atoms with E-state index in [9.17, 15) is 0 Å². The molecule has 170 valence electrons. The number of methoxy groups -OCH3 is 1. The number of piperidine rings is 1. The average Bonchev–Trinajstić information content (AvgIpc) is 3.31. The maximum Gasteiger partial charge on any atom is 0.120 e. The highest BCUT2D eigenvalue weighted by molar-refractivity contribution is 5.79. The zero-order valence-corrected chi connectivity index (χ0v) is 19.9. The summed E-state index contributed by atoms with van der Waals surface area (Å²) in [5.41, 5.74) is 6.51. The quantitative estimate of drug-likeness (QED) is 0.348. The number of nitrogens with zero attached hydrogens (tertiary/aromatic N) is 3. The topological polar surface area (TPSA) is 30.3 Å². The van der Waals surface area contributed by atoms with Crippen LogP contribution in [0.1, 0.15) is 62.5 Å². The van der Waals surface area contributed by atoms with Gasteiger partial charge in [0, 0.05) is 48.7 Å². The molecule has 1 fully saturated rings. The number of hydrogen-bond acceptors (Lipinski definition) is 3. The van der Waals surface area contributed by atoms with Crippen molar-refractivity contribution in [1.82, 2.24) is 9.78 Å². The van der Waals surface area contributed by atoms with Crippen LogP contribution in [0.4, 0.5) is 5.69 Å². The van der Waals surface area contributed by atoms with Crippen molar-refractivity contribution in [2.24, 2.45) is 0 Å². The van der Waals surface area contributed by atoms with Gasteiger partial charge in [0.25, 0.3) is 0 Å². The first-order chi connectivity index (χ1) is 15.7. The van der Waals surface area contributed by atoms with E-state index >= 15 is 0 Å². The lowest BCUT2D eigenvalue weighted by Crippen LogP contribution is -2.33. The summed E-state index contributed by atoms with van der Waals surface area (Å²) in [5.74, 6) is 1.56. The van der Waals surface area contributed by atoms with Gasteiger partial charge in [0.2, 0.25) is 0 Å². The van der Waals surface area contributed by atoms with Gasteiger partial charge in [-0.25, -0.2) is 0 Å². The van der Waals surface area contributed by atoms with Crippen LogP contribution in [0.3, 0.4) is 0 Å². The van der Waals surface area contributed by atoms with Crippen LogP contribution in [0.25, 0.3) is 11.1 Å². The van der Waals surface area contributed by atoms with E-state index in [1.54, 1.807) is 7.11 Å². The van der Waals surface area contributed by atoms with Crippen molar-refractivity contribution in [3.05, 3.63) is 66.0 Å². The Kier molecular flexibility index (Phi) is 7.51. The Balaban J connectivity index is 1.49. The van der Waals surface area contributed by atoms with Crippen molar-refractivity contribution < 1.29 is 4.74 Å². The molecule has 0 aliphatic carbocycles. The predicted molar refractivity (Wildman–Crippen MR) is 134 cm³/mol. The van der Waals surface area contributed by atoms with E-state index in [0.717, 1.165) is 25.4 Å². The van der Waals surface area contributed by atoms with Gasteiger partial charge in [0.15, 0.2) is 0 Å². The standard InChI is InChI=1S/C28H37N3O/c1-4-5-6-7-16-31-21-25(20-29-31)27-13-12-26(32-3)19-28(27)30-17-14-24(15-18-30)23-10-8-22(2)9-11-23/h8-13,19-21,24H,4-7,14-18H2,1-3H3. The molecule has 3 aromatic rings. The van der Waals surface area contributed by atoms with Gasteiger partial charge in [0.1, 0.15) is 5.75 Å². The predicted octanol–water partition coefficient (Wildman–Crippen LogP) is 6.83. The van der Waals surface area contributed by atoms with Gasteiger partial charge in [-0.15, -0.1) is 0 Å². The Hall–Kier alpha value is -2.75. The van der Waals surface area contributed by atoms with Crippen molar-refractivity contribution in [1.29, 1.82) is 0 Å². The van der Waals surface area contributed by atoms with Crippen LogP contribution < -0.4 is 9.64 Å². The van der Waals surface area contributed by atoms with Gasteiger partial charge < -0.3 is 9.64 Å². The molecule has 1 aliphatic heterocycles. The van der Waals surface area contributed by atoms with Crippen molar-refractivity contribution >= 4 is 5.69 Å². The molecule has 0 amide bonds. The lowest BCUT2D eigenvalue weighted by Gasteiger charge is -2.35. The summed E-state index contributed by atoms with van der Waals surface area (Å²) in [6.07, 6.45) is 11.6. The first-order valence-electron chi connectivity index (χ1n) is 12.2. The van der Waals surface area contributed by atoms with Gasteiger partial charge >= 0.3 is 0 Å². The van der Waals surface area contributed by atoms with Crippen LogP contribution in [0.2, 0.25) is 0 Å². The Morgan fingerprint density at radius 1 is 1.00 bits per heavy atom. The maximum absolute atomic E-state index is 5.57. The summed E-state index contributed by atoms with van der Waals surface area (Å²) in [7, 11) is 1.75. The Bertz CT molecular complexity index is 984. The molecule has 32 heavy (non-hydrogen) atoms. The van der Waals surface area contributed by atoms with Crippen LogP contribution in [-0.2, 0) is 6.54 Å². The number of rotatable bonds is 9. The Labute approximate surface area is 193 Å². The summed E-state index contributed by atoms with van der Waals surface area (Å²) in [4.78, 5) is 2.53. The molecule has 1 aliphatic rings. The minimum absolute atomic E-state index is 0.645. The SMILES string of the molecule is CCCCCCn1cc(-c2ccc(OC)cc2N2CCC(c3ccc(C)cc3)CC2)cn1. The Morgan fingerprint density at radius 2 is 1.78 bits per heavy atom. The molecular weight excluding hydrogens is 394 g/mol. The highest BCUT2D eigenvalue weighted by Crippen LogP contribution is 2.38. The van der Waals surface area contributed by atoms with Gasteiger partial charge in [-0.05, 0) is 49.8 Å². The molecule has 4 rings (SSSR count). The van der Waals surface area contributed by atoms with E-state index in [0.29, 0.717) is 5.92 Å². The van der Waals surface area contributed by atoms with E-state index in [1.165, 1.54) is 66.5 Å². The lowest BCUT2D eigenvalue weighted by atomic mass is 9.88. The van der Waals surface area contributed by atoms with E-state index in [-0.39, 0.29) is 0 Å². The second kappa shape index (κ2) is 10.7. The first-order valence-corrected chi connectivity index (χ1v) is 12.2. The zero-order chi connectivity index (χ0) is 22.3. The molecule has 2 aromatic carbocycles. The van der Waals surface area contributed by atoms with Gasteiger partial charge in [-0.3, -0.25) is 4.68 Å². The van der Waals surface area contributed by atoms with E-state index in [1.807, 2.05) is 6.20 Å². The molecule has 4 heteroatoms. The van der Waals surface area contributed by atoms with Crippen molar-refractivity contribution in [3.8, 4) is 16.9 Å². The summed E-state index contributed by atoms with van der Waals surface area (Å²) in [5, 5.41) is 4.64. The van der Waals surface area contributed by atoms with Crippen molar-refractivity contribution in [2.45, 2.75) is 64.8 Å². The van der Waals surface area contributed by atoms with Crippen LogP contribution in [0.5, 0.6) is 5.75 Å². The molecule has 0 atom stereocenters. The molecule has 4 nitrogen and oxygen atoms in total. The molecule has 2 heterocycles. The third-order valence-electron chi connectivity index (χ3n) is 6.77. The van der Waals surface area contributed by atoms with Gasteiger partial charge in [-0.2, -0.15) is 5.10 Å². The lowest BCUT2D eigenvalue weighted by molar-refractivity contribution is 0.414. The van der Waals surface area contributed by atoms with Crippen LogP contribution in [-0.4, -0.2) is 30.0 Å². The van der Waals surface area contributed by atoms with Crippen molar-refractivity contribution in [2.75, 3.05) is 25.1 Å². The molecule has 1 saturated heterocycles. The minimum Gasteiger partial charge on any atom is -0.497 e. The highest BCUT2D eigenvalue weighted by atomic mass is 16.5. The molecule has 0 N–H and O–H groups in total. The number of unbranched alkanes of at least 4 members (excludes halogenated alkanes) is 3. The number of hydrogen-bond donors (Lipinski definition) is 0. The third-order valence-corrected chi connectivity index (χ3v) is 6.77. The number of aromatic nitrogens is 2. The smallest absolute Gasteiger partial charge is 0.120 e. The molecule has 0 radical (unpaired) electrons. The van der Waals surface area contributed by atoms with Gasteiger partial charge in [0.05, 0.1) is 13.3 Å². The summed E-state index contributed by atoms with van der Waals surface area (Å²) in [6.45, 7) is 7.52. The molecular formula is C28H37N3O. The number of ether oxygens (including phenoxy) is 1. The summed E-state index contributed by atoms with van der Waals surface area (Å²) in [6, 6.07) is 15.5. The minimum atomic E-state index is 0.645. The van der Waals surface area contributed by atoms with E-state index in [2.05, 4.69) is 77.2 Å². The maximum atomic E-state index is 5.57. The van der Waals surface area contributed by atoms with E-state index in [4.69, 9.17) is 4.74 Å². The number of benzene rings is 2. The number of anilines is 1. The molecule has 0 unspecified atom stereocenters. The molecule has 1 aromatic heterocycles. The molecule has 0 saturated carbocycles. The first kappa shape index (κ1) is 22.4. The fourth-order valence-corrected chi connectivity index (χ4v) is 4.76. The highest BCUT2D eigenvalue weighted by Gasteiger charge is 2.23. The molecule has 0 bridgehead atoms. The number of aryl methyl sites for hydroxylation is 2. The monoisotopic (exact) mass is 431 g/mol. The second-order valence-electron chi connectivity index (χ2n) is 9.11. The third kappa shape index (κ3) is 5.35.